The van der Waals surface area contributed by atoms with Gasteiger partial charge in [0.1, 0.15) is 11.6 Å². The van der Waals surface area contributed by atoms with Crippen molar-refractivity contribution in [1.82, 2.24) is 10.6 Å². The molecule has 124 valence electrons. The van der Waals surface area contributed by atoms with Gasteiger partial charge in [-0.05, 0) is 56.1 Å². The quantitative estimate of drug-likeness (QED) is 0.900. The van der Waals surface area contributed by atoms with Crippen molar-refractivity contribution in [3.63, 3.8) is 0 Å². The van der Waals surface area contributed by atoms with E-state index in [4.69, 9.17) is 4.42 Å². The van der Waals surface area contributed by atoms with E-state index >= 15 is 0 Å². The molecule has 23 heavy (non-hydrogen) atoms. The second-order valence-electron chi connectivity index (χ2n) is 5.57. The zero-order valence-corrected chi connectivity index (χ0v) is 13.5. The van der Waals surface area contributed by atoms with Crippen LogP contribution in [0.2, 0.25) is 0 Å². The summed E-state index contributed by atoms with van der Waals surface area (Å²) in [5.41, 5.74) is 0.359. The van der Waals surface area contributed by atoms with Gasteiger partial charge in [-0.1, -0.05) is 12.1 Å². The van der Waals surface area contributed by atoms with E-state index in [0.29, 0.717) is 23.8 Å². The van der Waals surface area contributed by atoms with Crippen LogP contribution in [0.1, 0.15) is 23.4 Å². The first kappa shape index (κ1) is 17.5. The molecule has 6 heteroatoms. The van der Waals surface area contributed by atoms with E-state index < -0.39 is 0 Å². The number of carbonyl (C=O) groups excluding carboxylic acids is 1. The average Bonchev–Trinajstić information content (AvgIpc) is 3.04. The van der Waals surface area contributed by atoms with E-state index in [1.807, 2.05) is 0 Å². The van der Waals surface area contributed by atoms with Gasteiger partial charge in [-0.25, -0.2) is 4.39 Å². The summed E-state index contributed by atoms with van der Waals surface area (Å²) in [5, 5.41) is 6.20. The first-order valence-corrected chi connectivity index (χ1v) is 7.57. The van der Waals surface area contributed by atoms with Gasteiger partial charge in [-0.3, -0.25) is 4.79 Å². The Hall–Kier alpha value is -1.85. The maximum Gasteiger partial charge on any atom is 0.287 e. The van der Waals surface area contributed by atoms with Crippen LogP contribution in [0, 0.1) is 11.7 Å². The predicted octanol–water partition coefficient (Wildman–Crippen LogP) is 3.24. The molecule has 2 N–H and O–H groups in total. The van der Waals surface area contributed by atoms with Gasteiger partial charge < -0.3 is 15.1 Å². The fraction of sp³-hybridized carbons (Fsp3) is 0.353. The highest BCUT2D eigenvalue weighted by atomic mass is 35.5. The van der Waals surface area contributed by atoms with Crippen LogP contribution in [0.25, 0.3) is 11.3 Å². The predicted molar refractivity (Wildman–Crippen MR) is 89.3 cm³/mol. The molecular formula is C17H20ClFN2O2. The molecule has 0 bridgehead atoms. The highest BCUT2D eigenvalue weighted by Gasteiger charge is 2.17. The lowest BCUT2D eigenvalue weighted by Gasteiger charge is -2.22. The lowest BCUT2D eigenvalue weighted by atomic mass is 10.00. The lowest BCUT2D eigenvalue weighted by molar-refractivity contribution is 0.0918. The van der Waals surface area contributed by atoms with Gasteiger partial charge in [0.2, 0.25) is 0 Å². The van der Waals surface area contributed by atoms with Crippen molar-refractivity contribution in [1.29, 1.82) is 0 Å². The maximum atomic E-state index is 13.7. The molecule has 1 unspecified atom stereocenters. The van der Waals surface area contributed by atoms with Crippen molar-refractivity contribution in [2.24, 2.45) is 5.92 Å². The smallest absolute Gasteiger partial charge is 0.287 e. The number of amides is 1. The zero-order chi connectivity index (χ0) is 15.4. The van der Waals surface area contributed by atoms with Crippen LogP contribution in [0.15, 0.2) is 40.8 Å². The van der Waals surface area contributed by atoms with E-state index in [2.05, 4.69) is 10.6 Å². The minimum atomic E-state index is -0.364. The topological polar surface area (TPSA) is 54.3 Å². The van der Waals surface area contributed by atoms with Crippen LogP contribution in [-0.4, -0.2) is 25.5 Å². The number of halogens is 2. The molecule has 3 rings (SSSR count). The largest absolute Gasteiger partial charge is 0.451 e. The molecule has 2 heterocycles. The zero-order valence-electron chi connectivity index (χ0n) is 12.7. The number of furan rings is 1. The fourth-order valence-corrected chi connectivity index (χ4v) is 2.69. The molecule has 1 aliphatic rings. The average molecular weight is 339 g/mol. The second-order valence-corrected chi connectivity index (χ2v) is 5.57. The summed E-state index contributed by atoms with van der Waals surface area (Å²) in [6.45, 7) is 2.61. The summed E-state index contributed by atoms with van der Waals surface area (Å²) in [7, 11) is 0. The number of hydrogen-bond donors (Lipinski definition) is 2. The number of hydrogen-bond acceptors (Lipinski definition) is 3. The van der Waals surface area contributed by atoms with Crippen molar-refractivity contribution in [2.75, 3.05) is 19.6 Å². The maximum absolute atomic E-state index is 13.7. The summed E-state index contributed by atoms with van der Waals surface area (Å²) < 4.78 is 19.2. The van der Waals surface area contributed by atoms with Crippen LogP contribution >= 0.6 is 12.4 Å². The third-order valence-corrected chi connectivity index (χ3v) is 3.92. The number of carbonyl (C=O) groups is 1. The summed E-state index contributed by atoms with van der Waals surface area (Å²) >= 11 is 0. The Morgan fingerprint density at radius 3 is 2.87 bits per heavy atom. The minimum absolute atomic E-state index is 0. The molecule has 2 aromatic rings. The molecule has 1 atom stereocenters. The number of nitrogens with one attached hydrogen (secondary N) is 2. The van der Waals surface area contributed by atoms with Crippen molar-refractivity contribution < 1.29 is 13.6 Å². The Morgan fingerprint density at radius 1 is 1.30 bits per heavy atom. The molecule has 4 nitrogen and oxygen atoms in total. The molecule has 1 aliphatic heterocycles. The lowest BCUT2D eigenvalue weighted by Crippen LogP contribution is -2.38. The van der Waals surface area contributed by atoms with Gasteiger partial charge in [0.05, 0.1) is 5.56 Å². The second kappa shape index (κ2) is 8.13. The Bertz CT molecular complexity index is 654. The summed E-state index contributed by atoms with van der Waals surface area (Å²) in [6, 6.07) is 9.55. The number of benzene rings is 1. The fourth-order valence-electron chi connectivity index (χ4n) is 2.69. The Labute approximate surface area is 140 Å². The first-order chi connectivity index (χ1) is 10.7. The van der Waals surface area contributed by atoms with Gasteiger partial charge in [-0.2, -0.15) is 0 Å². The van der Waals surface area contributed by atoms with E-state index in [9.17, 15) is 9.18 Å². The number of rotatable bonds is 4. The van der Waals surface area contributed by atoms with Gasteiger partial charge in [0.15, 0.2) is 5.76 Å². The van der Waals surface area contributed by atoms with Crippen LogP contribution in [0.3, 0.4) is 0 Å². The van der Waals surface area contributed by atoms with Gasteiger partial charge in [0.25, 0.3) is 5.91 Å². The minimum Gasteiger partial charge on any atom is -0.451 e. The molecule has 1 amide bonds. The van der Waals surface area contributed by atoms with Crippen molar-refractivity contribution in [3.8, 4) is 11.3 Å². The van der Waals surface area contributed by atoms with Gasteiger partial charge in [0, 0.05) is 6.54 Å². The highest BCUT2D eigenvalue weighted by molar-refractivity contribution is 5.92. The van der Waals surface area contributed by atoms with Gasteiger partial charge >= 0.3 is 0 Å². The van der Waals surface area contributed by atoms with Crippen molar-refractivity contribution in [3.05, 3.63) is 48.0 Å². The van der Waals surface area contributed by atoms with Crippen LogP contribution in [0.5, 0.6) is 0 Å². The van der Waals surface area contributed by atoms with Crippen molar-refractivity contribution in [2.45, 2.75) is 12.8 Å². The van der Waals surface area contributed by atoms with Gasteiger partial charge in [-0.15, -0.1) is 12.4 Å². The Morgan fingerprint density at radius 2 is 2.13 bits per heavy atom. The molecule has 0 saturated carbocycles. The van der Waals surface area contributed by atoms with E-state index in [1.54, 1.807) is 30.3 Å². The Kier molecular flexibility index (Phi) is 6.19. The molecule has 0 radical (unpaired) electrons. The molecule has 1 fully saturated rings. The molecule has 0 spiro atoms. The summed E-state index contributed by atoms with van der Waals surface area (Å²) in [6.07, 6.45) is 2.25. The molecule has 1 aromatic carbocycles. The van der Waals surface area contributed by atoms with Crippen LogP contribution in [0.4, 0.5) is 4.39 Å². The monoisotopic (exact) mass is 338 g/mol. The van der Waals surface area contributed by atoms with E-state index in [0.717, 1.165) is 25.9 Å². The number of piperidine rings is 1. The van der Waals surface area contributed by atoms with E-state index in [-0.39, 0.29) is 29.9 Å². The van der Waals surface area contributed by atoms with E-state index in [1.165, 1.54) is 6.07 Å². The molecule has 1 saturated heterocycles. The van der Waals surface area contributed by atoms with Crippen LogP contribution in [-0.2, 0) is 0 Å². The Balaban J connectivity index is 0.00000192. The molecular weight excluding hydrogens is 319 g/mol. The van der Waals surface area contributed by atoms with Crippen molar-refractivity contribution >= 4 is 18.3 Å². The highest BCUT2D eigenvalue weighted by Crippen LogP contribution is 2.24. The summed E-state index contributed by atoms with van der Waals surface area (Å²) in [5.74, 6) is 0.411. The molecule has 0 aliphatic carbocycles. The SMILES string of the molecule is Cl.O=C(NCC1CCCNC1)c1ccc(-c2ccccc2F)o1. The molecule has 1 aromatic heterocycles. The summed E-state index contributed by atoms with van der Waals surface area (Å²) in [4.78, 5) is 12.1. The normalized spacial score (nSPS) is 17.3. The third kappa shape index (κ3) is 4.33. The third-order valence-electron chi connectivity index (χ3n) is 3.92. The first-order valence-electron chi connectivity index (χ1n) is 7.57. The van der Waals surface area contributed by atoms with Crippen LogP contribution < -0.4 is 10.6 Å². The standard InChI is InChI=1S/C17H19FN2O2.ClH/c18-14-6-2-1-5-13(14)15-7-8-16(22-15)17(21)20-11-12-4-3-9-19-10-12;/h1-2,5-8,12,19H,3-4,9-11H2,(H,20,21);1H.